The van der Waals surface area contributed by atoms with Crippen LogP contribution in [0.25, 0.3) is 0 Å². The molecule has 0 fully saturated rings. The lowest BCUT2D eigenvalue weighted by atomic mass is 10.1. The van der Waals surface area contributed by atoms with Gasteiger partial charge in [-0.05, 0) is 30.7 Å². The molecule has 0 aliphatic carbocycles. The van der Waals surface area contributed by atoms with Gasteiger partial charge in [-0.15, -0.1) is 6.42 Å². The van der Waals surface area contributed by atoms with Crippen LogP contribution in [0.5, 0.6) is 5.88 Å². The first-order valence-electron chi connectivity index (χ1n) is 5.43. The van der Waals surface area contributed by atoms with Gasteiger partial charge < -0.3 is 10.1 Å². The molecule has 4 heteroatoms. The number of nitrogens with zero attached hydrogens (tertiary/aromatic N) is 2. The summed E-state index contributed by atoms with van der Waals surface area (Å²) in [4.78, 5) is 8.29. The van der Waals surface area contributed by atoms with Crippen LogP contribution in [0.15, 0.2) is 30.5 Å². The zero-order chi connectivity index (χ0) is 13.0. The SMILES string of the molecule is C#Cc1cc(C)cc(Nc2nccc(OC)n2)c1. The Kier molecular flexibility index (Phi) is 3.44. The zero-order valence-corrected chi connectivity index (χ0v) is 10.3. The van der Waals surface area contributed by atoms with Gasteiger partial charge in [0.1, 0.15) is 0 Å². The first-order valence-corrected chi connectivity index (χ1v) is 5.43. The van der Waals surface area contributed by atoms with Crippen molar-refractivity contribution < 1.29 is 4.74 Å². The minimum absolute atomic E-state index is 0.475. The Hall–Kier alpha value is -2.54. The Morgan fingerprint density at radius 3 is 2.89 bits per heavy atom. The number of anilines is 2. The van der Waals surface area contributed by atoms with Crippen LogP contribution < -0.4 is 10.1 Å². The second-order valence-corrected chi connectivity index (χ2v) is 3.78. The van der Waals surface area contributed by atoms with Gasteiger partial charge in [-0.3, -0.25) is 0 Å². The van der Waals surface area contributed by atoms with Gasteiger partial charge in [-0.2, -0.15) is 4.98 Å². The molecule has 2 aromatic rings. The van der Waals surface area contributed by atoms with E-state index >= 15 is 0 Å². The third-order valence-electron chi connectivity index (χ3n) is 2.34. The van der Waals surface area contributed by atoms with E-state index in [1.54, 1.807) is 19.4 Å². The number of rotatable bonds is 3. The highest BCUT2D eigenvalue weighted by Crippen LogP contribution is 2.18. The van der Waals surface area contributed by atoms with Crippen LogP contribution >= 0.6 is 0 Å². The molecule has 0 aliphatic heterocycles. The molecule has 1 aromatic heterocycles. The molecule has 0 radical (unpaired) electrons. The van der Waals surface area contributed by atoms with Gasteiger partial charge in [0, 0.05) is 23.5 Å². The van der Waals surface area contributed by atoms with E-state index in [1.165, 1.54) is 0 Å². The predicted octanol–water partition coefficient (Wildman–Crippen LogP) is 2.52. The summed E-state index contributed by atoms with van der Waals surface area (Å²) in [6, 6.07) is 7.48. The molecule has 0 unspecified atom stereocenters. The van der Waals surface area contributed by atoms with Gasteiger partial charge in [0.15, 0.2) is 0 Å². The van der Waals surface area contributed by atoms with Crippen LogP contribution in [-0.4, -0.2) is 17.1 Å². The van der Waals surface area contributed by atoms with E-state index < -0.39 is 0 Å². The van der Waals surface area contributed by atoms with Crippen molar-refractivity contribution in [2.75, 3.05) is 12.4 Å². The molecule has 1 heterocycles. The molecule has 90 valence electrons. The highest BCUT2D eigenvalue weighted by Gasteiger charge is 2.01. The molecule has 0 aliphatic rings. The standard InChI is InChI=1S/C14H13N3O/c1-4-11-7-10(2)8-12(9-11)16-14-15-6-5-13(17-14)18-3/h1,5-9H,2-3H3,(H,15,16,17). The van der Waals surface area contributed by atoms with E-state index in [0.717, 1.165) is 16.8 Å². The Balaban J connectivity index is 2.28. The molecule has 4 nitrogen and oxygen atoms in total. The van der Waals surface area contributed by atoms with E-state index in [-0.39, 0.29) is 0 Å². The quantitative estimate of drug-likeness (QED) is 0.836. The summed E-state index contributed by atoms with van der Waals surface area (Å²) in [5.74, 6) is 3.60. The van der Waals surface area contributed by atoms with E-state index in [0.29, 0.717) is 11.8 Å². The lowest BCUT2D eigenvalue weighted by molar-refractivity contribution is 0.397. The largest absolute Gasteiger partial charge is 0.481 e. The number of aromatic nitrogens is 2. The monoisotopic (exact) mass is 239 g/mol. The van der Waals surface area contributed by atoms with Gasteiger partial charge in [0.2, 0.25) is 11.8 Å². The number of benzene rings is 1. The molecule has 2 rings (SSSR count). The maximum Gasteiger partial charge on any atom is 0.230 e. The molecule has 0 atom stereocenters. The highest BCUT2D eigenvalue weighted by molar-refractivity contribution is 5.58. The van der Waals surface area contributed by atoms with Crippen molar-refractivity contribution in [3.8, 4) is 18.2 Å². The maximum absolute atomic E-state index is 5.40. The van der Waals surface area contributed by atoms with Crippen molar-refractivity contribution in [3.05, 3.63) is 41.6 Å². The number of hydrogen-bond donors (Lipinski definition) is 1. The lowest BCUT2D eigenvalue weighted by Crippen LogP contribution is -1.99. The van der Waals surface area contributed by atoms with Crippen molar-refractivity contribution >= 4 is 11.6 Å². The summed E-state index contributed by atoms with van der Waals surface area (Å²) in [6.45, 7) is 1.98. The molecule has 0 amide bonds. The minimum atomic E-state index is 0.475. The van der Waals surface area contributed by atoms with Crippen molar-refractivity contribution in [1.82, 2.24) is 9.97 Å². The van der Waals surface area contributed by atoms with Gasteiger partial charge >= 0.3 is 0 Å². The van der Waals surface area contributed by atoms with E-state index in [4.69, 9.17) is 11.2 Å². The second-order valence-electron chi connectivity index (χ2n) is 3.78. The van der Waals surface area contributed by atoms with Crippen molar-refractivity contribution in [2.24, 2.45) is 0 Å². The molecule has 1 aromatic carbocycles. The molecule has 1 N–H and O–H groups in total. The van der Waals surface area contributed by atoms with Crippen LogP contribution in [0, 0.1) is 19.3 Å². The maximum atomic E-state index is 5.40. The molecule has 0 bridgehead atoms. The van der Waals surface area contributed by atoms with Crippen molar-refractivity contribution in [1.29, 1.82) is 0 Å². The fraction of sp³-hybridized carbons (Fsp3) is 0.143. The Bertz CT molecular complexity index is 602. The summed E-state index contributed by atoms with van der Waals surface area (Å²) >= 11 is 0. The van der Waals surface area contributed by atoms with E-state index in [9.17, 15) is 0 Å². The normalized spacial score (nSPS) is 9.61. The van der Waals surface area contributed by atoms with Crippen LogP contribution in [0.2, 0.25) is 0 Å². The molecule has 0 spiro atoms. The lowest BCUT2D eigenvalue weighted by Gasteiger charge is -2.07. The number of terminal acetylenes is 1. The Labute approximate surface area is 106 Å². The second kappa shape index (κ2) is 5.19. The smallest absolute Gasteiger partial charge is 0.230 e. The number of ether oxygens (including phenoxy) is 1. The number of methoxy groups -OCH3 is 1. The fourth-order valence-electron chi connectivity index (χ4n) is 1.58. The average molecular weight is 239 g/mol. The van der Waals surface area contributed by atoms with Crippen LogP contribution in [0.3, 0.4) is 0 Å². The summed E-state index contributed by atoms with van der Waals surface area (Å²) in [5.41, 5.74) is 2.76. The summed E-state index contributed by atoms with van der Waals surface area (Å²) < 4.78 is 5.04. The highest BCUT2D eigenvalue weighted by atomic mass is 16.5. The first-order chi connectivity index (χ1) is 8.71. The van der Waals surface area contributed by atoms with E-state index in [1.807, 2.05) is 25.1 Å². The number of aryl methyl sites for hydroxylation is 1. The first kappa shape index (κ1) is 11.9. The van der Waals surface area contributed by atoms with Crippen LogP contribution in [0.1, 0.15) is 11.1 Å². The topological polar surface area (TPSA) is 47.0 Å². The van der Waals surface area contributed by atoms with Crippen molar-refractivity contribution in [2.45, 2.75) is 6.92 Å². The molecule has 18 heavy (non-hydrogen) atoms. The molecular weight excluding hydrogens is 226 g/mol. The zero-order valence-electron chi connectivity index (χ0n) is 10.3. The van der Waals surface area contributed by atoms with Gasteiger partial charge in [-0.1, -0.05) is 5.92 Å². The predicted molar refractivity (Wildman–Crippen MR) is 71.0 cm³/mol. The van der Waals surface area contributed by atoms with E-state index in [2.05, 4.69) is 21.2 Å². The molecular formula is C14H13N3O. The third-order valence-corrected chi connectivity index (χ3v) is 2.34. The minimum Gasteiger partial charge on any atom is -0.481 e. The average Bonchev–Trinajstić information content (AvgIpc) is 2.38. The Morgan fingerprint density at radius 1 is 1.33 bits per heavy atom. The van der Waals surface area contributed by atoms with Gasteiger partial charge in [0.25, 0.3) is 0 Å². The molecule has 0 saturated carbocycles. The molecule has 0 saturated heterocycles. The third kappa shape index (κ3) is 2.77. The number of nitrogens with one attached hydrogen (secondary N) is 1. The summed E-state index contributed by atoms with van der Waals surface area (Å²) in [7, 11) is 1.56. The summed E-state index contributed by atoms with van der Waals surface area (Å²) in [6.07, 6.45) is 7.03. The van der Waals surface area contributed by atoms with Crippen LogP contribution in [0.4, 0.5) is 11.6 Å². The summed E-state index contributed by atoms with van der Waals surface area (Å²) in [5, 5.41) is 3.10. The van der Waals surface area contributed by atoms with Crippen molar-refractivity contribution in [3.63, 3.8) is 0 Å². The Morgan fingerprint density at radius 2 is 2.17 bits per heavy atom. The number of hydrogen-bond acceptors (Lipinski definition) is 4. The fourth-order valence-corrected chi connectivity index (χ4v) is 1.58. The van der Waals surface area contributed by atoms with Gasteiger partial charge in [0.05, 0.1) is 7.11 Å². The van der Waals surface area contributed by atoms with Gasteiger partial charge in [-0.25, -0.2) is 4.98 Å². The van der Waals surface area contributed by atoms with Crippen LogP contribution in [-0.2, 0) is 0 Å².